The highest BCUT2D eigenvalue weighted by Gasteiger charge is 2.02. The second-order valence-electron chi connectivity index (χ2n) is 4.83. The summed E-state index contributed by atoms with van der Waals surface area (Å²) in [5.41, 5.74) is 0.697. The topological polar surface area (TPSA) is 72.7 Å². The van der Waals surface area contributed by atoms with Crippen molar-refractivity contribution in [2.75, 3.05) is 25.1 Å². The van der Waals surface area contributed by atoms with E-state index in [2.05, 4.69) is 10.6 Å². The molecule has 0 saturated carbocycles. The van der Waals surface area contributed by atoms with Gasteiger partial charge in [0.05, 0.1) is 12.9 Å². The number of hydrogen-bond acceptors (Lipinski definition) is 4. The fourth-order valence-electron chi connectivity index (χ4n) is 1.95. The van der Waals surface area contributed by atoms with Gasteiger partial charge in [0.15, 0.2) is 0 Å². The van der Waals surface area contributed by atoms with Crippen molar-refractivity contribution in [3.63, 3.8) is 0 Å². The van der Waals surface area contributed by atoms with Gasteiger partial charge in [0.25, 0.3) is 0 Å². The third kappa shape index (κ3) is 6.44. The summed E-state index contributed by atoms with van der Waals surface area (Å²) in [4.78, 5) is 11.8. The summed E-state index contributed by atoms with van der Waals surface area (Å²) in [7, 11) is 0. The van der Waals surface area contributed by atoms with Crippen LogP contribution < -0.4 is 15.4 Å². The molecule has 2 rings (SSSR count). The van der Waals surface area contributed by atoms with Crippen LogP contribution in [-0.2, 0) is 11.3 Å². The van der Waals surface area contributed by atoms with Crippen molar-refractivity contribution >= 4 is 11.7 Å². The highest BCUT2D eigenvalue weighted by Crippen LogP contribution is 2.16. The van der Waals surface area contributed by atoms with E-state index < -0.39 is 0 Å². The SMILES string of the molecule is CCOc1cccc(NC(=O)NCCCOCc2ccco2)c1. The molecule has 23 heavy (non-hydrogen) atoms. The second kappa shape index (κ2) is 9.53. The third-order valence-corrected chi connectivity index (χ3v) is 2.98. The molecule has 0 spiro atoms. The molecule has 0 aliphatic rings. The van der Waals surface area contributed by atoms with E-state index in [1.54, 1.807) is 12.3 Å². The van der Waals surface area contributed by atoms with Crippen LogP contribution in [0, 0.1) is 0 Å². The number of carbonyl (C=O) groups excluding carboxylic acids is 1. The number of hydrogen-bond donors (Lipinski definition) is 2. The van der Waals surface area contributed by atoms with Crippen LogP contribution in [-0.4, -0.2) is 25.8 Å². The van der Waals surface area contributed by atoms with Crippen molar-refractivity contribution in [2.24, 2.45) is 0 Å². The summed E-state index contributed by atoms with van der Waals surface area (Å²) in [6.07, 6.45) is 2.35. The van der Waals surface area contributed by atoms with Crippen LogP contribution >= 0.6 is 0 Å². The average Bonchev–Trinajstić information content (AvgIpc) is 3.05. The van der Waals surface area contributed by atoms with E-state index in [9.17, 15) is 4.79 Å². The van der Waals surface area contributed by atoms with Crippen molar-refractivity contribution in [1.29, 1.82) is 0 Å². The Morgan fingerprint density at radius 3 is 2.96 bits per heavy atom. The first-order valence-corrected chi connectivity index (χ1v) is 7.66. The van der Waals surface area contributed by atoms with Gasteiger partial charge < -0.3 is 24.5 Å². The standard InChI is InChI=1S/C17H22N2O4/c1-2-22-15-7-3-6-14(12-15)19-17(20)18-9-5-10-21-13-16-8-4-11-23-16/h3-4,6-8,11-12H,2,5,9-10,13H2,1H3,(H2,18,19,20). The third-order valence-electron chi connectivity index (χ3n) is 2.98. The van der Waals surface area contributed by atoms with E-state index in [1.165, 1.54) is 0 Å². The van der Waals surface area contributed by atoms with Gasteiger partial charge in [-0.05, 0) is 37.6 Å². The van der Waals surface area contributed by atoms with Gasteiger partial charge in [0.1, 0.15) is 18.1 Å². The molecule has 6 heteroatoms. The Bertz CT molecular complexity index is 584. The molecule has 0 aliphatic carbocycles. The van der Waals surface area contributed by atoms with E-state index in [1.807, 2.05) is 37.3 Å². The first kappa shape index (κ1) is 16.9. The Kier molecular flexibility index (Phi) is 7.00. The number of urea groups is 1. The average molecular weight is 318 g/mol. The van der Waals surface area contributed by atoms with Crippen molar-refractivity contribution in [3.8, 4) is 5.75 Å². The highest BCUT2D eigenvalue weighted by molar-refractivity contribution is 5.89. The van der Waals surface area contributed by atoms with Gasteiger partial charge in [-0.3, -0.25) is 0 Å². The number of furan rings is 1. The Labute approximate surface area is 135 Å². The predicted molar refractivity (Wildman–Crippen MR) is 87.6 cm³/mol. The summed E-state index contributed by atoms with van der Waals surface area (Å²) in [5, 5.41) is 5.55. The highest BCUT2D eigenvalue weighted by atomic mass is 16.5. The Morgan fingerprint density at radius 1 is 1.26 bits per heavy atom. The zero-order valence-electron chi connectivity index (χ0n) is 13.2. The zero-order chi connectivity index (χ0) is 16.3. The summed E-state index contributed by atoms with van der Waals surface area (Å²) in [5.74, 6) is 1.53. The molecule has 0 atom stereocenters. The van der Waals surface area contributed by atoms with Crippen molar-refractivity contribution in [2.45, 2.75) is 20.0 Å². The zero-order valence-corrected chi connectivity index (χ0v) is 13.2. The molecule has 1 aromatic heterocycles. The lowest BCUT2D eigenvalue weighted by molar-refractivity contribution is 0.104. The number of carbonyl (C=O) groups is 1. The molecule has 2 aromatic rings. The molecule has 0 saturated heterocycles. The fourth-order valence-corrected chi connectivity index (χ4v) is 1.95. The van der Waals surface area contributed by atoms with Crippen LogP contribution in [0.5, 0.6) is 5.75 Å². The summed E-state index contributed by atoms with van der Waals surface area (Å²) >= 11 is 0. The number of amides is 2. The maximum atomic E-state index is 11.8. The van der Waals surface area contributed by atoms with E-state index in [0.29, 0.717) is 32.1 Å². The van der Waals surface area contributed by atoms with Crippen LogP contribution in [0.4, 0.5) is 10.5 Å². The van der Waals surface area contributed by atoms with Crippen LogP contribution in [0.25, 0.3) is 0 Å². The molecule has 1 aromatic carbocycles. The maximum Gasteiger partial charge on any atom is 0.319 e. The van der Waals surface area contributed by atoms with Gasteiger partial charge in [-0.1, -0.05) is 6.07 Å². The molecule has 1 heterocycles. The molecule has 0 bridgehead atoms. The first-order valence-electron chi connectivity index (χ1n) is 7.66. The largest absolute Gasteiger partial charge is 0.494 e. The molecule has 2 N–H and O–H groups in total. The number of anilines is 1. The van der Waals surface area contributed by atoms with Crippen LogP contribution in [0.3, 0.4) is 0 Å². The van der Waals surface area contributed by atoms with Gasteiger partial charge in [0, 0.05) is 24.9 Å². The van der Waals surface area contributed by atoms with E-state index >= 15 is 0 Å². The van der Waals surface area contributed by atoms with Gasteiger partial charge >= 0.3 is 6.03 Å². The Hall–Kier alpha value is -2.47. The van der Waals surface area contributed by atoms with Gasteiger partial charge in [-0.2, -0.15) is 0 Å². The molecule has 0 aliphatic heterocycles. The van der Waals surface area contributed by atoms with E-state index in [4.69, 9.17) is 13.9 Å². The fraction of sp³-hybridized carbons (Fsp3) is 0.353. The molecule has 2 amide bonds. The minimum absolute atomic E-state index is 0.246. The molecule has 0 unspecified atom stereocenters. The van der Waals surface area contributed by atoms with Crippen LogP contribution in [0.15, 0.2) is 47.1 Å². The molecular weight excluding hydrogens is 296 g/mol. The van der Waals surface area contributed by atoms with E-state index in [-0.39, 0.29) is 6.03 Å². The Morgan fingerprint density at radius 2 is 2.17 bits per heavy atom. The van der Waals surface area contributed by atoms with Gasteiger partial charge in [0.2, 0.25) is 0 Å². The molecule has 0 radical (unpaired) electrons. The normalized spacial score (nSPS) is 10.3. The predicted octanol–water partition coefficient (Wildman–Crippen LogP) is 3.41. The quantitative estimate of drug-likeness (QED) is 0.695. The molecule has 124 valence electrons. The van der Waals surface area contributed by atoms with Crippen molar-refractivity contribution in [1.82, 2.24) is 5.32 Å². The molecule has 0 fully saturated rings. The monoisotopic (exact) mass is 318 g/mol. The number of ether oxygens (including phenoxy) is 2. The lowest BCUT2D eigenvalue weighted by Crippen LogP contribution is -2.30. The van der Waals surface area contributed by atoms with Gasteiger partial charge in [-0.25, -0.2) is 4.79 Å². The van der Waals surface area contributed by atoms with Gasteiger partial charge in [-0.15, -0.1) is 0 Å². The lowest BCUT2D eigenvalue weighted by Gasteiger charge is -2.09. The summed E-state index contributed by atoms with van der Waals surface area (Å²) in [6.45, 7) is 4.05. The first-order chi connectivity index (χ1) is 11.3. The minimum atomic E-state index is -0.246. The number of rotatable bonds is 9. The minimum Gasteiger partial charge on any atom is -0.494 e. The molecule has 6 nitrogen and oxygen atoms in total. The van der Waals surface area contributed by atoms with E-state index in [0.717, 1.165) is 17.9 Å². The number of benzene rings is 1. The number of nitrogens with one attached hydrogen (secondary N) is 2. The van der Waals surface area contributed by atoms with Crippen LogP contribution in [0.2, 0.25) is 0 Å². The maximum absolute atomic E-state index is 11.8. The summed E-state index contributed by atoms with van der Waals surface area (Å²) in [6, 6.07) is 10.7. The van der Waals surface area contributed by atoms with Crippen LogP contribution in [0.1, 0.15) is 19.1 Å². The van der Waals surface area contributed by atoms with Crippen molar-refractivity contribution in [3.05, 3.63) is 48.4 Å². The summed E-state index contributed by atoms with van der Waals surface area (Å²) < 4.78 is 16.0. The lowest BCUT2D eigenvalue weighted by atomic mass is 10.3. The Balaban J connectivity index is 1.58. The second-order valence-corrected chi connectivity index (χ2v) is 4.83. The smallest absolute Gasteiger partial charge is 0.319 e. The molecular formula is C17H22N2O4. The van der Waals surface area contributed by atoms with Crippen molar-refractivity contribution < 1.29 is 18.7 Å².